The van der Waals surface area contributed by atoms with Crippen LogP contribution in [0.25, 0.3) is 0 Å². The second kappa shape index (κ2) is 11.3. The molecule has 1 aliphatic heterocycles. The van der Waals surface area contributed by atoms with E-state index in [1.54, 1.807) is 7.11 Å². The first-order valence-electron chi connectivity index (χ1n) is 10.8. The molecule has 0 aliphatic carbocycles. The lowest BCUT2D eigenvalue weighted by molar-refractivity contribution is -0.130. The van der Waals surface area contributed by atoms with Crippen LogP contribution < -0.4 is 15.0 Å². The van der Waals surface area contributed by atoms with Gasteiger partial charge in [-0.3, -0.25) is 9.59 Å². The first-order chi connectivity index (χ1) is 16.5. The van der Waals surface area contributed by atoms with Crippen LogP contribution in [0.5, 0.6) is 5.75 Å². The SMILES string of the molecule is COc1cccc(N2CCN(C(=O)Cc3csc(SCC(=O)Nc4ccc(F)cc4)n3)CC2)c1. The number of benzene rings is 2. The van der Waals surface area contributed by atoms with Crippen LogP contribution in [-0.4, -0.2) is 60.7 Å². The van der Waals surface area contributed by atoms with Crippen molar-refractivity contribution in [2.75, 3.05) is 49.3 Å². The van der Waals surface area contributed by atoms with E-state index in [1.165, 1.54) is 47.4 Å². The molecule has 3 aromatic rings. The number of hydrogen-bond acceptors (Lipinski definition) is 7. The minimum Gasteiger partial charge on any atom is -0.497 e. The number of ether oxygens (including phenoxy) is 1. The quantitative estimate of drug-likeness (QED) is 0.473. The number of rotatable bonds is 8. The fourth-order valence-electron chi connectivity index (χ4n) is 3.58. The van der Waals surface area contributed by atoms with Crippen molar-refractivity contribution in [2.24, 2.45) is 0 Å². The molecule has 2 aromatic carbocycles. The number of nitrogens with one attached hydrogen (secondary N) is 1. The molecule has 0 radical (unpaired) electrons. The first kappa shape index (κ1) is 24.0. The zero-order valence-corrected chi connectivity index (χ0v) is 20.3. The van der Waals surface area contributed by atoms with Crippen molar-refractivity contribution in [1.82, 2.24) is 9.88 Å². The van der Waals surface area contributed by atoms with Crippen molar-refractivity contribution >= 4 is 46.3 Å². The Hall–Kier alpha value is -3.11. The van der Waals surface area contributed by atoms with Crippen LogP contribution in [0, 0.1) is 5.82 Å². The van der Waals surface area contributed by atoms with Crippen LogP contribution in [0.15, 0.2) is 58.3 Å². The Morgan fingerprint density at radius 3 is 2.65 bits per heavy atom. The van der Waals surface area contributed by atoms with Crippen molar-refractivity contribution in [1.29, 1.82) is 0 Å². The maximum absolute atomic E-state index is 13.0. The van der Waals surface area contributed by atoms with Crippen LogP contribution >= 0.6 is 23.1 Å². The number of carbonyl (C=O) groups is 2. The molecular formula is C24H25FN4O3S2. The molecule has 2 amide bonds. The topological polar surface area (TPSA) is 74.8 Å². The van der Waals surface area contributed by atoms with Gasteiger partial charge in [-0.25, -0.2) is 9.37 Å². The maximum Gasteiger partial charge on any atom is 0.234 e. The molecule has 0 atom stereocenters. The minimum absolute atomic E-state index is 0.0567. The molecule has 1 fully saturated rings. The van der Waals surface area contributed by atoms with Gasteiger partial charge in [-0.15, -0.1) is 11.3 Å². The predicted molar refractivity (Wildman–Crippen MR) is 133 cm³/mol. The molecule has 0 bridgehead atoms. The number of hydrogen-bond donors (Lipinski definition) is 1. The molecule has 178 valence electrons. The first-order valence-corrected chi connectivity index (χ1v) is 12.7. The number of nitrogens with zero attached hydrogens (tertiary/aromatic N) is 3. The van der Waals surface area contributed by atoms with Gasteiger partial charge in [-0.2, -0.15) is 0 Å². The van der Waals surface area contributed by atoms with Crippen LogP contribution in [0.4, 0.5) is 15.8 Å². The van der Waals surface area contributed by atoms with E-state index in [2.05, 4.69) is 21.3 Å². The fraction of sp³-hybridized carbons (Fsp3) is 0.292. The number of anilines is 2. The Morgan fingerprint density at radius 2 is 1.91 bits per heavy atom. The van der Waals surface area contributed by atoms with Gasteiger partial charge in [0.25, 0.3) is 0 Å². The highest BCUT2D eigenvalue weighted by Crippen LogP contribution is 2.25. The van der Waals surface area contributed by atoms with E-state index in [4.69, 9.17) is 4.74 Å². The third-order valence-corrected chi connectivity index (χ3v) is 7.44. The number of thioether (sulfide) groups is 1. The van der Waals surface area contributed by atoms with Crippen molar-refractivity contribution < 1.29 is 18.7 Å². The second-order valence-electron chi connectivity index (χ2n) is 7.69. The Bertz CT molecular complexity index is 1130. The van der Waals surface area contributed by atoms with Gasteiger partial charge in [-0.1, -0.05) is 17.8 Å². The lowest BCUT2D eigenvalue weighted by atomic mass is 10.2. The van der Waals surface area contributed by atoms with E-state index in [0.29, 0.717) is 24.5 Å². The van der Waals surface area contributed by atoms with Crippen molar-refractivity contribution in [2.45, 2.75) is 10.8 Å². The molecule has 1 aliphatic rings. The maximum atomic E-state index is 13.0. The second-order valence-corrected chi connectivity index (χ2v) is 9.78. The third kappa shape index (κ3) is 6.48. The van der Waals surface area contributed by atoms with E-state index in [0.717, 1.165) is 28.9 Å². The monoisotopic (exact) mass is 500 g/mol. The Morgan fingerprint density at radius 1 is 1.15 bits per heavy atom. The molecule has 1 N–H and O–H groups in total. The van der Waals surface area contributed by atoms with Crippen LogP contribution in [-0.2, 0) is 16.0 Å². The van der Waals surface area contributed by atoms with Gasteiger partial charge in [0.1, 0.15) is 11.6 Å². The van der Waals surface area contributed by atoms with Crippen LogP contribution in [0.2, 0.25) is 0 Å². The summed E-state index contributed by atoms with van der Waals surface area (Å²) in [6.07, 6.45) is 0.248. The summed E-state index contributed by atoms with van der Waals surface area (Å²) in [5, 5.41) is 4.59. The minimum atomic E-state index is -0.351. The molecule has 34 heavy (non-hydrogen) atoms. The zero-order chi connectivity index (χ0) is 23.9. The van der Waals surface area contributed by atoms with E-state index >= 15 is 0 Å². The summed E-state index contributed by atoms with van der Waals surface area (Å²) in [6, 6.07) is 13.6. The highest BCUT2D eigenvalue weighted by Gasteiger charge is 2.22. The van der Waals surface area contributed by atoms with Gasteiger partial charge >= 0.3 is 0 Å². The standard InChI is InChI=1S/C24H25FN4O3S2/c1-32-21-4-2-3-20(14-21)28-9-11-29(12-10-28)23(31)13-19-15-33-24(27-19)34-16-22(30)26-18-7-5-17(25)6-8-18/h2-8,14-15H,9-13,16H2,1H3,(H,26,30). The predicted octanol–water partition coefficient (Wildman–Crippen LogP) is 3.91. The summed E-state index contributed by atoms with van der Waals surface area (Å²) in [7, 11) is 1.65. The molecule has 2 heterocycles. The summed E-state index contributed by atoms with van der Waals surface area (Å²) >= 11 is 2.74. The number of piperazine rings is 1. The number of methoxy groups -OCH3 is 1. The number of amides is 2. The summed E-state index contributed by atoms with van der Waals surface area (Å²) in [5.41, 5.74) is 2.35. The zero-order valence-electron chi connectivity index (χ0n) is 18.7. The molecule has 4 rings (SSSR count). The van der Waals surface area contributed by atoms with E-state index < -0.39 is 0 Å². The van der Waals surface area contributed by atoms with E-state index in [9.17, 15) is 14.0 Å². The van der Waals surface area contributed by atoms with Crippen molar-refractivity contribution in [3.05, 3.63) is 65.4 Å². The molecule has 10 heteroatoms. The van der Waals surface area contributed by atoms with Gasteiger partial charge in [0.05, 0.1) is 25.0 Å². The summed E-state index contributed by atoms with van der Waals surface area (Å²) in [4.78, 5) is 33.5. The van der Waals surface area contributed by atoms with Crippen molar-refractivity contribution in [3.8, 4) is 5.75 Å². The average Bonchev–Trinajstić information content (AvgIpc) is 3.31. The smallest absolute Gasteiger partial charge is 0.234 e. The molecule has 0 spiro atoms. The third-order valence-electron chi connectivity index (χ3n) is 5.37. The fourth-order valence-corrected chi connectivity index (χ4v) is 5.23. The lowest BCUT2D eigenvalue weighted by Gasteiger charge is -2.36. The molecule has 7 nitrogen and oxygen atoms in total. The van der Waals surface area contributed by atoms with Crippen molar-refractivity contribution in [3.63, 3.8) is 0 Å². The van der Waals surface area contributed by atoms with Crippen LogP contribution in [0.3, 0.4) is 0 Å². The van der Waals surface area contributed by atoms with Gasteiger partial charge in [-0.05, 0) is 36.4 Å². The largest absolute Gasteiger partial charge is 0.497 e. The molecular weight excluding hydrogens is 475 g/mol. The lowest BCUT2D eigenvalue weighted by Crippen LogP contribution is -2.49. The van der Waals surface area contributed by atoms with Gasteiger partial charge in [0, 0.05) is 49.0 Å². The number of halogens is 1. The highest BCUT2D eigenvalue weighted by molar-refractivity contribution is 8.01. The van der Waals surface area contributed by atoms with Gasteiger partial charge in [0.2, 0.25) is 11.8 Å². The normalized spacial score (nSPS) is 13.6. The number of thiazole rings is 1. The highest BCUT2D eigenvalue weighted by atomic mass is 32.2. The summed E-state index contributed by atoms with van der Waals surface area (Å²) in [5.74, 6) is 0.515. The Labute approximate surface area is 205 Å². The van der Waals surface area contributed by atoms with E-state index in [-0.39, 0.29) is 29.8 Å². The summed E-state index contributed by atoms with van der Waals surface area (Å²) in [6.45, 7) is 2.84. The summed E-state index contributed by atoms with van der Waals surface area (Å²) < 4.78 is 19.0. The molecule has 0 saturated carbocycles. The molecule has 1 saturated heterocycles. The van der Waals surface area contributed by atoms with Gasteiger partial charge < -0.3 is 19.9 Å². The average molecular weight is 501 g/mol. The van der Waals surface area contributed by atoms with Crippen LogP contribution in [0.1, 0.15) is 5.69 Å². The van der Waals surface area contributed by atoms with Gasteiger partial charge in [0.15, 0.2) is 4.34 Å². The number of aromatic nitrogens is 1. The molecule has 1 aromatic heterocycles. The Kier molecular flexibility index (Phi) is 8.02. The number of carbonyl (C=O) groups excluding carboxylic acids is 2. The van der Waals surface area contributed by atoms with E-state index in [1.807, 2.05) is 28.5 Å². The Balaban J connectivity index is 1.22. The molecule has 0 unspecified atom stereocenters.